The topological polar surface area (TPSA) is 161 Å². The van der Waals surface area contributed by atoms with E-state index in [1.54, 1.807) is 24.3 Å². The van der Waals surface area contributed by atoms with Crippen LogP contribution in [0.15, 0.2) is 42.5 Å². The maximum absolute atomic E-state index is 15.4. The van der Waals surface area contributed by atoms with Crippen molar-refractivity contribution in [2.45, 2.75) is 94.7 Å². The van der Waals surface area contributed by atoms with Crippen molar-refractivity contribution in [2.75, 3.05) is 18.0 Å². The van der Waals surface area contributed by atoms with Gasteiger partial charge < -0.3 is 19.9 Å². The van der Waals surface area contributed by atoms with Gasteiger partial charge in [-0.05, 0) is 86.4 Å². The van der Waals surface area contributed by atoms with Crippen LogP contribution in [0.3, 0.4) is 0 Å². The molecule has 274 valence electrons. The van der Waals surface area contributed by atoms with Crippen molar-refractivity contribution in [1.29, 1.82) is 5.26 Å². The van der Waals surface area contributed by atoms with Crippen LogP contribution in [0.25, 0.3) is 0 Å². The number of piperidine rings is 1. The highest BCUT2D eigenvalue weighted by molar-refractivity contribution is 6.31. The number of hydrogen-bond acceptors (Lipinski definition) is 10. The van der Waals surface area contributed by atoms with Gasteiger partial charge in [0.1, 0.15) is 23.7 Å². The van der Waals surface area contributed by atoms with Crippen LogP contribution >= 0.6 is 11.6 Å². The number of piperazine rings is 1. The van der Waals surface area contributed by atoms with Crippen LogP contribution in [0.5, 0.6) is 5.75 Å². The first-order valence-electron chi connectivity index (χ1n) is 18.1. The van der Waals surface area contributed by atoms with Crippen LogP contribution in [0.4, 0.5) is 10.2 Å². The summed E-state index contributed by atoms with van der Waals surface area (Å²) in [4.78, 5) is 56.2. The van der Waals surface area contributed by atoms with E-state index in [-0.39, 0.29) is 66.7 Å². The molecule has 4 fully saturated rings. The van der Waals surface area contributed by atoms with Crippen LogP contribution in [0.2, 0.25) is 5.02 Å². The number of carbonyl (C=O) groups is 4. The molecule has 1 saturated carbocycles. The number of ether oxygens (including phenoxy) is 1. The second-order valence-corrected chi connectivity index (χ2v) is 15.0. The fourth-order valence-electron chi connectivity index (χ4n) is 8.51. The molecule has 4 aliphatic heterocycles. The fourth-order valence-corrected chi connectivity index (χ4v) is 8.72. The van der Waals surface area contributed by atoms with Crippen molar-refractivity contribution in [3.05, 3.63) is 81.3 Å². The quantitative estimate of drug-likeness (QED) is 0.325. The summed E-state index contributed by atoms with van der Waals surface area (Å²) in [5.41, 5.74) is 2.01. The van der Waals surface area contributed by atoms with Gasteiger partial charge in [0.15, 0.2) is 11.5 Å². The highest BCUT2D eigenvalue weighted by Gasteiger charge is 2.43. The Bertz CT molecular complexity index is 2000. The molecule has 13 nitrogen and oxygen atoms in total. The molecule has 0 spiro atoms. The lowest BCUT2D eigenvalue weighted by Crippen LogP contribution is -2.53. The Hall–Kier alpha value is -5.13. The Morgan fingerprint density at radius 1 is 1.00 bits per heavy atom. The molecular weight excluding hydrogens is 703 g/mol. The van der Waals surface area contributed by atoms with Crippen molar-refractivity contribution in [1.82, 2.24) is 30.6 Å². The van der Waals surface area contributed by atoms with Gasteiger partial charge in [-0.25, -0.2) is 4.39 Å². The zero-order chi connectivity index (χ0) is 36.8. The number of fused-ring (bicyclic) bond motifs is 3. The first kappa shape index (κ1) is 34.9. The van der Waals surface area contributed by atoms with Gasteiger partial charge in [0.2, 0.25) is 11.8 Å². The minimum atomic E-state index is -0.791. The largest absolute Gasteiger partial charge is 0.490 e. The zero-order valence-corrected chi connectivity index (χ0v) is 29.6. The normalized spacial score (nSPS) is 25.5. The minimum absolute atomic E-state index is 0.0000535. The van der Waals surface area contributed by atoms with E-state index in [2.05, 4.69) is 30.6 Å². The van der Waals surface area contributed by atoms with E-state index in [9.17, 15) is 19.2 Å². The van der Waals surface area contributed by atoms with E-state index in [1.165, 1.54) is 11.0 Å². The van der Waals surface area contributed by atoms with E-state index < -0.39 is 23.7 Å². The Balaban J connectivity index is 0.835. The molecule has 8 rings (SSSR count). The smallest absolute Gasteiger partial charge is 0.272 e. The summed E-state index contributed by atoms with van der Waals surface area (Å²) in [6, 6.07) is 13.6. The van der Waals surface area contributed by atoms with Crippen LogP contribution in [-0.4, -0.2) is 87.0 Å². The van der Waals surface area contributed by atoms with Gasteiger partial charge in [0.25, 0.3) is 11.8 Å². The third-order valence-electron chi connectivity index (χ3n) is 11.2. The monoisotopic (exact) mass is 740 g/mol. The number of amides is 4. The molecule has 0 radical (unpaired) electrons. The lowest BCUT2D eigenvalue weighted by molar-refractivity contribution is -0.136. The summed E-state index contributed by atoms with van der Waals surface area (Å²) in [5, 5.41) is 23.5. The lowest BCUT2D eigenvalue weighted by Gasteiger charge is -2.41. The van der Waals surface area contributed by atoms with E-state index in [4.69, 9.17) is 21.6 Å². The highest BCUT2D eigenvalue weighted by Crippen LogP contribution is 2.36. The van der Waals surface area contributed by atoms with Gasteiger partial charge in [-0.15, -0.1) is 10.2 Å². The van der Waals surface area contributed by atoms with Crippen LogP contribution < -0.4 is 20.3 Å². The number of nitrogens with zero attached hydrogens (tertiary/aromatic N) is 6. The van der Waals surface area contributed by atoms with Gasteiger partial charge in [-0.2, -0.15) is 5.26 Å². The first-order chi connectivity index (χ1) is 25.6. The number of imide groups is 1. The van der Waals surface area contributed by atoms with Crippen molar-refractivity contribution >= 4 is 41.0 Å². The molecule has 2 N–H and O–H groups in total. The van der Waals surface area contributed by atoms with Crippen LogP contribution in [0.1, 0.15) is 88.9 Å². The molecule has 53 heavy (non-hydrogen) atoms. The molecule has 3 unspecified atom stereocenters. The molecular formula is C38H38ClFN8O5. The van der Waals surface area contributed by atoms with Crippen molar-refractivity contribution in [3.8, 4) is 11.8 Å². The number of rotatable bonds is 8. The van der Waals surface area contributed by atoms with E-state index in [1.807, 2.05) is 18.2 Å². The number of aromatic nitrogens is 2. The van der Waals surface area contributed by atoms with Crippen molar-refractivity contribution in [3.63, 3.8) is 0 Å². The molecule has 2 aromatic carbocycles. The van der Waals surface area contributed by atoms with Crippen LogP contribution in [-0.2, 0) is 22.7 Å². The maximum Gasteiger partial charge on any atom is 0.272 e. The van der Waals surface area contributed by atoms with Crippen molar-refractivity contribution in [2.24, 2.45) is 0 Å². The molecule has 3 atom stereocenters. The number of halogens is 2. The number of benzene rings is 2. The maximum atomic E-state index is 15.4. The highest BCUT2D eigenvalue weighted by atomic mass is 35.5. The number of nitriles is 1. The minimum Gasteiger partial charge on any atom is -0.490 e. The lowest BCUT2D eigenvalue weighted by atomic mass is 9.93. The van der Waals surface area contributed by atoms with Crippen molar-refractivity contribution < 1.29 is 28.3 Å². The molecule has 1 aromatic heterocycles. The molecule has 15 heteroatoms. The SMILES string of the molecule is N#Cc1ccc(O[C@H]2CC[C@H](NC(=O)c3ccc(N4CC5CCC(C4)N5Cc4cc(F)c5c(c4)CN(C4CCC(=O)NC4=O)C5=O)nn3)CC2)cc1Cl. The Labute approximate surface area is 310 Å². The predicted octanol–water partition coefficient (Wildman–Crippen LogP) is 3.87. The Kier molecular flexibility index (Phi) is 9.46. The molecule has 5 aliphatic rings. The summed E-state index contributed by atoms with van der Waals surface area (Å²) in [7, 11) is 0. The molecule has 3 aromatic rings. The third kappa shape index (κ3) is 7.03. The zero-order valence-electron chi connectivity index (χ0n) is 28.9. The number of hydrogen-bond donors (Lipinski definition) is 2. The predicted molar refractivity (Wildman–Crippen MR) is 189 cm³/mol. The average Bonchev–Trinajstić information content (AvgIpc) is 3.58. The van der Waals surface area contributed by atoms with Gasteiger partial charge in [0.05, 0.1) is 22.3 Å². The van der Waals surface area contributed by atoms with Gasteiger partial charge >= 0.3 is 0 Å². The van der Waals surface area contributed by atoms with E-state index in [0.29, 0.717) is 47.4 Å². The number of carbonyl (C=O) groups excluding carboxylic acids is 4. The number of anilines is 1. The fraction of sp³-hybridized carbons (Fsp3) is 0.447. The second kappa shape index (κ2) is 14.4. The average molecular weight is 741 g/mol. The molecule has 1 aliphatic carbocycles. The van der Waals surface area contributed by atoms with E-state index >= 15 is 4.39 Å². The summed E-state index contributed by atoms with van der Waals surface area (Å²) in [6.45, 7) is 2.09. The summed E-state index contributed by atoms with van der Waals surface area (Å²) < 4.78 is 21.5. The molecule has 4 amide bonds. The summed E-state index contributed by atoms with van der Waals surface area (Å²) in [5.74, 6) is -0.922. The second-order valence-electron chi connectivity index (χ2n) is 14.6. The molecule has 5 heterocycles. The summed E-state index contributed by atoms with van der Waals surface area (Å²) in [6.07, 6.45) is 5.40. The van der Waals surface area contributed by atoms with Gasteiger partial charge in [-0.3, -0.25) is 29.4 Å². The summed E-state index contributed by atoms with van der Waals surface area (Å²) >= 11 is 6.14. The molecule has 3 saturated heterocycles. The Morgan fingerprint density at radius 2 is 1.77 bits per heavy atom. The number of nitrogens with one attached hydrogen (secondary N) is 2. The molecule has 2 bridgehead atoms. The van der Waals surface area contributed by atoms with E-state index in [0.717, 1.165) is 44.1 Å². The standard InChI is InChI=1S/C38H38ClFN8O5/c39-29-15-28(6-1-22(29)16-41)53-27-7-2-24(3-8-27)42-36(50)31-9-11-33(45-44-31)46-19-25-4-5-26(20-46)47(25)17-21-13-23-18-48(38(52)35(23)30(40)14-21)32-10-12-34(49)43-37(32)51/h1,6,9,11,13-15,24-27,32H,2-5,7-8,10,12,17-20H2,(H,42,50)(H,43,49,51)/t24-,25?,26?,27-,32?. The third-order valence-corrected chi connectivity index (χ3v) is 11.5. The van der Waals surface area contributed by atoms with Gasteiger partial charge in [0, 0.05) is 56.8 Å². The van der Waals surface area contributed by atoms with Crippen LogP contribution in [0, 0.1) is 17.1 Å². The Morgan fingerprint density at radius 3 is 2.45 bits per heavy atom. The first-order valence-corrected chi connectivity index (χ1v) is 18.5. The van der Waals surface area contributed by atoms with Gasteiger partial charge in [-0.1, -0.05) is 17.7 Å².